The molecule has 0 saturated carbocycles. The van der Waals surface area contributed by atoms with Gasteiger partial charge in [0.2, 0.25) is 0 Å². The van der Waals surface area contributed by atoms with Gasteiger partial charge in [-0.2, -0.15) is 5.10 Å². The second kappa shape index (κ2) is 5.55. The van der Waals surface area contributed by atoms with E-state index in [0.29, 0.717) is 5.69 Å². The van der Waals surface area contributed by atoms with Crippen LogP contribution in [0.15, 0.2) is 35.7 Å². The van der Waals surface area contributed by atoms with Gasteiger partial charge in [-0.05, 0) is 37.4 Å². The predicted octanol–water partition coefficient (Wildman–Crippen LogP) is 2.57. The molecular weight excluding hydrogens is 298 g/mol. The van der Waals surface area contributed by atoms with Gasteiger partial charge in [0.1, 0.15) is 5.60 Å². The number of amides is 1. The van der Waals surface area contributed by atoms with E-state index in [1.807, 2.05) is 42.6 Å². The van der Waals surface area contributed by atoms with Gasteiger partial charge in [0.25, 0.3) is 5.91 Å². The summed E-state index contributed by atoms with van der Waals surface area (Å²) < 4.78 is 0. The number of aromatic nitrogens is 2. The first-order valence-corrected chi connectivity index (χ1v) is 7.84. The molecule has 3 rings (SSSR count). The lowest BCUT2D eigenvalue weighted by Crippen LogP contribution is -2.38. The van der Waals surface area contributed by atoms with Crippen LogP contribution >= 0.6 is 11.3 Å². The normalized spacial score (nSPS) is 14.0. The second-order valence-electron chi connectivity index (χ2n) is 5.56. The lowest BCUT2D eigenvalue weighted by atomic mass is 10.1. The molecule has 3 aromatic rings. The summed E-state index contributed by atoms with van der Waals surface area (Å²) >= 11 is 1.46. The highest BCUT2D eigenvalue weighted by Crippen LogP contribution is 2.24. The SMILES string of the molecule is Cc1ccc2[nH]nc(C(=O)NCC(C)(O)c3cccs3)c2c1. The molecule has 0 aliphatic heterocycles. The lowest BCUT2D eigenvalue weighted by molar-refractivity contribution is 0.0555. The van der Waals surface area contributed by atoms with Crippen molar-refractivity contribution in [3.8, 4) is 0 Å². The van der Waals surface area contributed by atoms with Crippen molar-refractivity contribution in [3.63, 3.8) is 0 Å². The van der Waals surface area contributed by atoms with Crippen molar-refractivity contribution in [3.05, 3.63) is 51.8 Å². The maximum atomic E-state index is 12.3. The van der Waals surface area contributed by atoms with Gasteiger partial charge >= 0.3 is 0 Å². The summed E-state index contributed by atoms with van der Waals surface area (Å²) in [4.78, 5) is 13.2. The van der Waals surface area contributed by atoms with Crippen LogP contribution in [0.4, 0.5) is 0 Å². The zero-order valence-corrected chi connectivity index (χ0v) is 13.2. The fourth-order valence-corrected chi connectivity index (χ4v) is 3.10. The van der Waals surface area contributed by atoms with E-state index in [9.17, 15) is 9.90 Å². The van der Waals surface area contributed by atoms with Crippen LogP contribution in [0.2, 0.25) is 0 Å². The number of aliphatic hydroxyl groups is 1. The van der Waals surface area contributed by atoms with E-state index < -0.39 is 5.60 Å². The molecule has 0 aliphatic rings. The molecule has 0 radical (unpaired) electrons. The Labute approximate surface area is 132 Å². The van der Waals surface area contributed by atoms with Gasteiger partial charge in [0, 0.05) is 10.3 Å². The first kappa shape index (κ1) is 14.7. The summed E-state index contributed by atoms with van der Waals surface area (Å²) in [6, 6.07) is 9.51. The van der Waals surface area contributed by atoms with E-state index in [0.717, 1.165) is 21.3 Å². The summed E-state index contributed by atoms with van der Waals surface area (Å²) in [7, 11) is 0. The number of rotatable bonds is 4. The standard InChI is InChI=1S/C16H17N3O2S/c1-10-5-6-12-11(8-10)14(19-18-12)15(20)17-9-16(2,21)13-4-3-7-22-13/h3-8,21H,9H2,1-2H3,(H,17,20)(H,18,19). The first-order chi connectivity index (χ1) is 10.5. The number of aromatic amines is 1. The highest BCUT2D eigenvalue weighted by atomic mass is 32.1. The lowest BCUT2D eigenvalue weighted by Gasteiger charge is -2.22. The number of nitrogens with zero attached hydrogens (tertiary/aromatic N) is 1. The van der Waals surface area contributed by atoms with Gasteiger partial charge in [0.15, 0.2) is 5.69 Å². The van der Waals surface area contributed by atoms with Gasteiger partial charge < -0.3 is 10.4 Å². The average molecular weight is 315 g/mol. The summed E-state index contributed by atoms with van der Waals surface area (Å²) in [5, 5.41) is 22.8. The number of thiophene rings is 1. The number of hydrogen-bond acceptors (Lipinski definition) is 4. The highest BCUT2D eigenvalue weighted by molar-refractivity contribution is 7.10. The molecule has 1 aromatic carbocycles. The maximum Gasteiger partial charge on any atom is 0.272 e. The van der Waals surface area contributed by atoms with Crippen molar-refractivity contribution in [1.29, 1.82) is 0 Å². The molecule has 114 valence electrons. The Morgan fingerprint density at radius 1 is 1.45 bits per heavy atom. The van der Waals surface area contributed by atoms with Crippen LogP contribution in [0.1, 0.15) is 27.9 Å². The number of hydrogen-bond donors (Lipinski definition) is 3. The van der Waals surface area contributed by atoms with Crippen LogP contribution in [-0.2, 0) is 5.60 Å². The third kappa shape index (κ3) is 2.75. The summed E-state index contributed by atoms with van der Waals surface area (Å²) in [6.45, 7) is 3.79. The molecule has 0 aliphatic carbocycles. The molecular formula is C16H17N3O2S. The first-order valence-electron chi connectivity index (χ1n) is 6.97. The maximum absolute atomic E-state index is 12.3. The average Bonchev–Trinajstić information content (AvgIpc) is 3.14. The third-order valence-electron chi connectivity index (χ3n) is 3.58. The van der Waals surface area contributed by atoms with Crippen molar-refractivity contribution in [2.24, 2.45) is 0 Å². The Morgan fingerprint density at radius 3 is 3.00 bits per heavy atom. The molecule has 2 aromatic heterocycles. The number of aryl methyl sites for hydroxylation is 1. The molecule has 6 heteroatoms. The van der Waals surface area contributed by atoms with Crippen LogP contribution in [-0.4, -0.2) is 27.8 Å². The minimum Gasteiger partial charge on any atom is -0.383 e. The Kier molecular flexibility index (Phi) is 3.72. The van der Waals surface area contributed by atoms with Gasteiger partial charge in [0.05, 0.1) is 12.1 Å². The molecule has 1 unspecified atom stereocenters. The molecule has 0 bridgehead atoms. The van der Waals surface area contributed by atoms with Gasteiger partial charge in [-0.25, -0.2) is 0 Å². The van der Waals surface area contributed by atoms with Crippen LogP contribution in [0.5, 0.6) is 0 Å². The van der Waals surface area contributed by atoms with E-state index in [2.05, 4.69) is 15.5 Å². The van der Waals surface area contributed by atoms with Crippen LogP contribution < -0.4 is 5.32 Å². The van der Waals surface area contributed by atoms with Gasteiger partial charge in [-0.1, -0.05) is 17.7 Å². The Balaban J connectivity index is 1.78. The fourth-order valence-electron chi connectivity index (χ4n) is 2.31. The number of carbonyl (C=O) groups excluding carboxylic acids is 1. The van der Waals surface area contributed by atoms with Crippen molar-refractivity contribution < 1.29 is 9.90 Å². The molecule has 1 amide bonds. The predicted molar refractivity (Wildman–Crippen MR) is 87.1 cm³/mol. The quantitative estimate of drug-likeness (QED) is 0.692. The number of benzene rings is 1. The Bertz CT molecular complexity index is 806. The van der Waals surface area contributed by atoms with Crippen molar-refractivity contribution >= 4 is 28.1 Å². The topological polar surface area (TPSA) is 78.0 Å². The van der Waals surface area contributed by atoms with Gasteiger partial charge in [-0.15, -0.1) is 11.3 Å². The molecule has 0 fully saturated rings. The third-order valence-corrected chi connectivity index (χ3v) is 4.70. The minimum atomic E-state index is -1.09. The molecule has 3 N–H and O–H groups in total. The van der Waals surface area contributed by atoms with Gasteiger partial charge in [-0.3, -0.25) is 9.89 Å². The van der Waals surface area contributed by atoms with Crippen LogP contribution in [0.25, 0.3) is 10.9 Å². The molecule has 5 nitrogen and oxygen atoms in total. The van der Waals surface area contributed by atoms with Crippen molar-refractivity contribution in [2.75, 3.05) is 6.54 Å². The van der Waals surface area contributed by atoms with E-state index in [-0.39, 0.29) is 12.5 Å². The number of nitrogens with one attached hydrogen (secondary N) is 2. The minimum absolute atomic E-state index is 0.131. The number of H-pyrrole nitrogens is 1. The number of fused-ring (bicyclic) bond motifs is 1. The highest BCUT2D eigenvalue weighted by Gasteiger charge is 2.26. The molecule has 1 atom stereocenters. The summed E-state index contributed by atoms with van der Waals surface area (Å²) in [5.41, 5.74) is 1.14. The van der Waals surface area contributed by atoms with E-state index in [1.54, 1.807) is 6.92 Å². The monoisotopic (exact) mass is 315 g/mol. The molecule has 2 heterocycles. The summed E-state index contributed by atoms with van der Waals surface area (Å²) in [6.07, 6.45) is 0. The summed E-state index contributed by atoms with van der Waals surface area (Å²) in [5.74, 6) is -0.298. The fraction of sp³-hybridized carbons (Fsp3) is 0.250. The van der Waals surface area contributed by atoms with Crippen LogP contribution in [0.3, 0.4) is 0 Å². The Morgan fingerprint density at radius 2 is 2.27 bits per heavy atom. The smallest absolute Gasteiger partial charge is 0.272 e. The Hall–Kier alpha value is -2.18. The zero-order chi connectivity index (χ0) is 15.7. The number of carbonyl (C=O) groups is 1. The second-order valence-corrected chi connectivity index (χ2v) is 6.50. The largest absolute Gasteiger partial charge is 0.383 e. The molecule has 0 spiro atoms. The van der Waals surface area contributed by atoms with Crippen molar-refractivity contribution in [1.82, 2.24) is 15.5 Å². The molecule has 22 heavy (non-hydrogen) atoms. The molecule has 0 saturated heterocycles. The van der Waals surface area contributed by atoms with E-state index >= 15 is 0 Å². The van der Waals surface area contributed by atoms with Crippen molar-refractivity contribution in [2.45, 2.75) is 19.4 Å². The van der Waals surface area contributed by atoms with E-state index in [4.69, 9.17) is 0 Å². The van der Waals surface area contributed by atoms with E-state index in [1.165, 1.54) is 11.3 Å². The van der Waals surface area contributed by atoms with Crippen LogP contribution in [0, 0.1) is 6.92 Å². The zero-order valence-electron chi connectivity index (χ0n) is 12.4.